The summed E-state index contributed by atoms with van der Waals surface area (Å²) in [5, 5.41) is 3.92. The van der Waals surface area contributed by atoms with Crippen LogP contribution in [0.3, 0.4) is 0 Å². The predicted octanol–water partition coefficient (Wildman–Crippen LogP) is 5.54. The molecule has 0 saturated heterocycles. The van der Waals surface area contributed by atoms with Crippen LogP contribution in [0.2, 0.25) is 5.02 Å². The lowest BCUT2D eigenvalue weighted by molar-refractivity contribution is 0.221. The first kappa shape index (κ1) is 29.9. The minimum Gasteiger partial charge on any atom is -0.480 e. The van der Waals surface area contributed by atoms with Gasteiger partial charge in [0.15, 0.2) is 0 Å². The lowest BCUT2D eigenvalue weighted by Crippen LogP contribution is -2.36. The van der Waals surface area contributed by atoms with Crippen LogP contribution in [0.25, 0.3) is 22.3 Å². The van der Waals surface area contributed by atoms with Gasteiger partial charge in [-0.15, -0.1) is 0 Å². The molecule has 0 unspecified atom stereocenters. The molecule has 3 aromatic heterocycles. The molecule has 0 radical (unpaired) electrons. The fourth-order valence-corrected chi connectivity index (χ4v) is 6.80. The van der Waals surface area contributed by atoms with Gasteiger partial charge in [-0.2, -0.15) is 4.98 Å². The van der Waals surface area contributed by atoms with Gasteiger partial charge < -0.3 is 15.0 Å². The summed E-state index contributed by atoms with van der Waals surface area (Å²) >= 11 is 6.15. The van der Waals surface area contributed by atoms with Crippen LogP contribution in [-0.2, 0) is 22.2 Å². The molecule has 222 valence electrons. The summed E-state index contributed by atoms with van der Waals surface area (Å²) in [4.78, 5) is 21.0. The highest BCUT2D eigenvalue weighted by Crippen LogP contribution is 2.32. The van der Waals surface area contributed by atoms with Crippen LogP contribution in [-0.4, -0.2) is 66.5 Å². The summed E-state index contributed by atoms with van der Waals surface area (Å²) in [6, 6.07) is 13.1. The first-order chi connectivity index (χ1) is 20.2. The van der Waals surface area contributed by atoms with E-state index < -0.39 is 10.0 Å². The zero-order valence-corrected chi connectivity index (χ0v) is 25.8. The Labute approximate surface area is 252 Å². The number of halogens is 1. The number of methoxy groups -OCH3 is 1. The first-order valence-electron chi connectivity index (χ1n) is 14.0. The molecule has 1 aliphatic rings. The number of benzene rings is 1. The van der Waals surface area contributed by atoms with Crippen molar-refractivity contribution in [1.82, 2.24) is 24.8 Å². The topological polar surface area (TPSA) is 122 Å². The molecule has 0 spiro atoms. The van der Waals surface area contributed by atoms with Crippen molar-refractivity contribution in [3.63, 3.8) is 0 Å². The van der Waals surface area contributed by atoms with E-state index in [9.17, 15) is 8.42 Å². The van der Waals surface area contributed by atoms with Gasteiger partial charge >= 0.3 is 0 Å². The Balaban J connectivity index is 1.37. The van der Waals surface area contributed by atoms with E-state index in [1.165, 1.54) is 7.11 Å². The summed E-state index contributed by atoms with van der Waals surface area (Å²) < 4.78 is 33.7. The molecule has 1 saturated carbocycles. The number of hydrogen-bond acceptors (Lipinski definition) is 9. The SMILES string of the molecule is CCc1cc(-c2ccc(NS(=O)(=O)Cc3ccccc3Cl)nc2OC)nc2cnc(NC3CCC(N(C)C)CC3)nc12. The highest BCUT2D eigenvalue weighted by atomic mass is 35.5. The number of aromatic nitrogens is 4. The lowest BCUT2D eigenvalue weighted by Gasteiger charge is -2.32. The summed E-state index contributed by atoms with van der Waals surface area (Å²) in [5.74, 6) is 0.721. The van der Waals surface area contributed by atoms with Gasteiger partial charge in [-0.25, -0.2) is 23.4 Å². The highest BCUT2D eigenvalue weighted by molar-refractivity contribution is 7.91. The van der Waals surface area contributed by atoms with E-state index in [0.717, 1.165) is 43.2 Å². The Hall–Kier alpha value is -3.54. The van der Waals surface area contributed by atoms with E-state index in [1.54, 1.807) is 42.6 Å². The predicted molar refractivity (Wildman–Crippen MR) is 168 cm³/mol. The summed E-state index contributed by atoms with van der Waals surface area (Å²) in [6.07, 6.45) is 6.96. The van der Waals surface area contributed by atoms with E-state index in [2.05, 4.69) is 45.9 Å². The molecule has 1 aliphatic carbocycles. The normalized spacial score (nSPS) is 17.4. The fraction of sp³-hybridized carbons (Fsp3) is 0.400. The Morgan fingerprint density at radius 3 is 2.48 bits per heavy atom. The lowest BCUT2D eigenvalue weighted by atomic mass is 9.91. The number of rotatable bonds is 10. The molecule has 1 aromatic carbocycles. The second-order valence-electron chi connectivity index (χ2n) is 10.8. The Kier molecular flexibility index (Phi) is 9.10. The Morgan fingerprint density at radius 1 is 1.02 bits per heavy atom. The number of nitrogens with one attached hydrogen (secondary N) is 2. The largest absolute Gasteiger partial charge is 0.480 e. The number of pyridine rings is 2. The van der Waals surface area contributed by atoms with Crippen molar-refractivity contribution in [1.29, 1.82) is 0 Å². The van der Waals surface area contributed by atoms with Crippen LogP contribution in [0.4, 0.5) is 11.8 Å². The molecule has 10 nitrogen and oxygen atoms in total. The summed E-state index contributed by atoms with van der Waals surface area (Å²) in [7, 11) is 2.01. The number of hydrogen-bond donors (Lipinski definition) is 2. The standard InChI is InChI=1S/C30H36ClN7O3S/c1-5-19-16-25(34-26-17-32-30(36-28(19)26)33-21-10-12-22(13-11-21)38(2)3)23-14-15-27(35-29(23)41-4)37-42(39,40)18-20-8-6-7-9-24(20)31/h6-9,14-17,21-22H,5,10-13,18H2,1-4H3,(H,35,37)(H,32,33,36). The van der Waals surface area contributed by atoms with Gasteiger partial charge in [-0.3, -0.25) is 4.72 Å². The fourth-order valence-electron chi connectivity index (χ4n) is 5.35. The van der Waals surface area contributed by atoms with E-state index in [-0.39, 0.29) is 17.5 Å². The van der Waals surface area contributed by atoms with E-state index in [0.29, 0.717) is 45.4 Å². The molecule has 0 bridgehead atoms. The minimum atomic E-state index is -3.77. The molecule has 3 heterocycles. The maximum atomic E-state index is 12.8. The molecule has 4 aromatic rings. The van der Waals surface area contributed by atoms with Gasteiger partial charge in [-0.1, -0.05) is 36.7 Å². The molecule has 42 heavy (non-hydrogen) atoms. The number of ether oxygens (including phenoxy) is 1. The van der Waals surface area contributed by atoms with Crippen molar-refractivity contribution in [2.24, 2.45) is 0 Å². The Bertz CT molecular complexity index is 1680. The van der Waals surface area contributed by atoms with Gasteiger partial charge in [0.05, 0.1) is 35.8 Å². The Morgan fingerprint density at radius 2 is 1.79 bits per heavy atom. The second-order valence-corrected chi connectivity index (χ2v) is 12.9. The van der Waals surface area contributed by atoms with Gasteiger partial charge in [0.2, 0.25) is 21.9 Å². The first-order valence-corrected chi connectivity index (χ1v) is 16.1. The van der Waals surface area contributed by atoms with Crippen LogP contribution in [0, 0.1) is 0 Å². The third-order valence-electron chi connectivity index (χ3n) is 7.66. The van der Waals surface area contributed by atoms with Gasteiger partial charge in [0.1, 0.15) is 11.3 Å². The average Bonchev–Trinajstić information content (AvgIpc) is 2.97. The second kappa shape index (κ2) is 12.8. The van der Waals surface area contributed by atoms with Crippen molar-refractivity contribution >= 4 is 44.4 Å². The van der Waals surface area contributed by atoms with Crippen molar-refractivity contribution in [2.75, 3.05) is 31.2 Å². The molecular weight excluding hydrogens is 574 g/mol. The molecule has 12 heteroatoms. The van der Waals surface area contributed by atoms with Crippen LogP contribution in [0.15, 0.2) is 48.7 Å². The summed E-state index contributed by atoms with van der Waals surface area (Å²) in [5.41, 5.74) is 4.25. The van der Waals surface area contributed by atoms with E-state index in [4.69, 9.17) is 26.3 Å². The molecule has 0 amide bonds. The van der Waals surface area contributed by atoms with Crippen molar-refractivity contribution < 1.29 is 13.2 Å². The number of aryl methyl sites for hydroxylation is 1. The van der Waals surface area contributed by atoms with E-state index >= 15 is 0 Å². The van der Waals surface area contributed by atoms with Crippen LogP contribution < -0.4 is 14.8 Å². The van der Waals surface area contributed by atoms with Gasteiger partial charge in [-0.05, 0) is 81.6 Å². The van der Waals surface area contributed by atoms with Crippen molar-refractivity contribution in [2.45, 2.75) is 56.9 Å². The van der Waals surface area contributed by atoms with Gasteiger partial charge in [0, 0.05) is 17.1 Å². The monoisotopic (exact) mass is 609 g/mol. The molecule has 1 fully saturated rings. The number of nitrogens with zero attached hydrogens (tertiary/aromatic N) is 5. The van der Waals surface area contributed by atoms with E-state index in [1.807, 2.05) is 6.07 Å². The molecule has 0 atom stereocenters. The van der Waals surface area contributed by atoms with Gasteiger partial charge in [0.25, 0.3) is 0 Å². The molecule has 5 rings (SSSR count). The van der Waals surface area contributed by atoms with Crippen LogP contribution in [0.1, 0.15) is 43.7 Å². The number of anilines is 2. The smallest absolute Gasteiger partial charge is 0.238 e. The molecule has 0 aliphatic heterocycles. The zero-order chi connectivity index (χ0) is 29.9. The molecule has 2 N–H and O–H groups in total. The number of sulfonamides is 1. The van der Waals surface area contributed by atoms with Crippen LogP contribution >= 0.6 is 11.6 Å². The van der Waals surface area contributed by atoms with Crippen LogP contribution in [0.5, 0.6) is 5.88 Å². The van der Waals surface area contributed by atoms with Crippen molar-refractivity contribution in [3.05, 3.63) is 64.8 Å². The third kappa shape index (κ3) is 6.91. The summed E-state index contributed by atoms with van der Waals surface area (Å²) in [6.45, 7) is 2.07. The average molecular weight is 610 g/mol. The maximum Gasteiger partial charge on any atom is 0.238 e. The maximum absolute atomic E-state index is 12.8. The highest BCUT2D eigenvalue weighted by Gasteiger charge is 2.23. The number of fused-ring (bicyclic) bond motifs is 1. The van der Waals surface area contributed by atoms with Crippen molar-refractivity contribution in [3.8, 4) is 17.1 Å². The molecular formula is C30H36ClN7O3S. The zero-order valence-electron chi connectivity index (χ0n) is 24.3. The third-order valence-corrected chi connectivity index (χ3v) is 9.24. The minimum absolute atomic E-state index is 0.137. The quantitative estimate of drug-likeness (QED) is 0.239.